The first-order valence-corrected chi connectivity index (χ1v) is 22.3. The van der Waals surface area contributed by atoms with Crippen molar-refractivity contribution in [1.82, 2.24) is 0 Å². The van der Waals surface area contributed by atoms with Gasteiger partial charge in [0.15, 0.2) is 18.9 Å². The largest absolute Gasteiger partial charge is 0.387 e. The summed E-state index contributed by atoms with van der Waals surface area (Å²) in [6, 6.07) is 59.3. The second-order valence-corrected chi connectivity index (χ2v) is 16.4. The molecule has 11 heteroatoms. The Balaban J connectivity index is 1.06. The molecule has 9 rings (SSSR count). The van der Waals surface area contributed by atoms with Crippen LogP contribution in [0.25, 0.3) is 0 Å². The molecule has 11 nitrogen and oxygen atoms in total. The molecular formula is C54H56O11. The molecule has 3 heterocycles. The van der Waals surface area contributed by atoms with Crippen LogP contribution in [0.15, 0.2) is 182 Å². The van der Waals surface area contributed by atoms with Gasteiger partial charge in [0, 0.05) is 5.56 Å². The highest BCUT2D eigenvalue weighted by atomic mass is 16.8. The Morgan fingerprint density at radius 2 is 0.877 bits per heavy atom. The van der Waals surface area contributed by atoms with Gasteiger partial charge >= 0.3 is 0 Å². The van der Waals surface area contributed by atoms with Crippen molar-refractivity contribution in [2.45, 2.75) is 101 Å². The van der Waals surface area contributed by atoms with Crippen LogP contribution in [0.4, 0.5) is 0 Å². The number of benzene rings is 6. The number of rotatable bonds is 19. The van der Waals surface area contributed by atoms with Crippen molar-refractivity contribution in [1.29, 1.82) is 0 Å². The Hall–Kier alpha value is -5.12. The predicted octanol–water partition coefficient (Wildman–Crippen LogP) is 8.49. The Morgan fingerprint density at radius 3 is 1.40 bits per heavy atom. The van der Waals surface area contributed by atoms with Gasteiger partial charge in [0.1, 0.15) is 48.8 Å². The van der Waals surface area contributed by atoms with Crippen LogP contribution in [-0.2, 0) is 80.4 Å². The first-order chi connectivity index (χ1) is 32.1. The normalized spacial score (nSPS) is 27.7. The summed E-state index contributed by atoms with van der Waals surface area (Å²) in [6.45, 7) is 1.58. The summed E-state index contributed by atoms with van der Waals surface area (Å²) in [6.07, 6.45) is -9.84. The van der Waals surface area contributed by atoms with Gasteiger partial charge in [-0.3, -0.25) is 0 Å². The number of hydrogen-bond acceptors (Lipinski definition) is 11. The smallest absolute Gasteiger partial charge is 0.187 e. The van der Waals surface area contributed by atoms with Crippen LogP contribution >= 0.6 is 0 Å². The molecule has 11 atom stereocenters. The maximum absolute atomic E-state index is 12.5. The number of aliphatic hydroxyl groups excluding tert-OH is 1. The van der Waals surface area contributed by atoms with Crippen molar-refractivity contribution in [3.05, 3.63) is 215 Å². The zero-order valence-electron chi connectivity index (χ0n) is 36.2. The number of hydrogen-bond donors (Lipinski definition) is 1. The topological polar surface area (TPSA) is 113 Å². The Bertz CT molecular complexity index is 2260. The lowest BCUT2D eigenvalue weighted by molar-refractivity contribution is -0.399. The van der Waals surface area contributed by atoms with E-state index in [2.05, 4.69) is 0 Å². The second kappa shape index (κ2) is 22.9. The summed E-state index contributed by atoms with van der Waals surface area (Å²) in [5, 5.41) is 12.5. The van der Waals surface area contributed by atoms with E-state index in [-0.39, 0.29) is 39.6 Å². The van der Waals surface area contributed by atoms with Crippen molar-refractivity contribution < 1.29 is 52.5 Å². The molecule has 6 aromatic rings. The molecule has 0 bridgehead atoms. The molecule has 0 saturated carbocycles. The van der Waals surface area contributed by atoms with Crippen LogP contribution in [0.3, 0.4) is 0 Å². The van der Waals surface area contributed by atoms with Crippen molar-refractivity contribution in [3.8, 4) is 0 Å². The monoisotopic (exact) mass is 880 g/mol. The van der Waals surface area contributed by atoms with Crippen molar-refractivity contribution in [2.24, 2.45) is 0 Å². The van der Waals surface area contributed by atoms with Crippen molar-refractivity contribution in [2.75, 3.05) is 13.2 Å². The van der Waals surface area contributed by atoms with Crippen LogP contribution in [0, 0.1) is 0 Å². The van der Waals surface area contributed by atoms with E-state index >= 15 is 0 Å². The van der Waals surface area contributed by atoms with Crippen molar-refractivity contribution in [3.63, 3.8) is 0 Å². The fourth-order valence-corrected chi connectivity index (χ4v) is 8.39. The fourth-order valence-electron chi connectivity index (χ4n) is 8.39. The highest BCUT2D eigenvalue weighted by Crippen LogP contribution is 2.39. The molecule has 3 aliphatic heterocycles. The summed E-state index contributed by atoms with van der Waals surface area (Å²) in [5.41, 5.74) is 5.66. The highest BCUT2D eigenvalue weighted by molar-refractivity contribution is 5.19. The molecule has 338 valence electrons. The summed E-state index contributed by atoms with van der Waals surface area (Å²) in [7, 11) is 0. The molecule has 11 unspecified atom stereocenters. The number of aliphatic hydroxyl groups is 1. The summed E-state index contributed by atoms with van der Waals surface area (Å²) in [4.78, 5) is 0. The molecule has 3 fully saturated rings. The predicted molar refractivity (Wildman–Crippen MR) is 241 cm³/mol. The quantitative estimate of drug-likeness (QED) is 0.0846. The zero-order chi connectivity index (χ0) is 44.0. The van der Waals surface area contributed by atoms with Gasteiger partial charge < -0.3 is 52.5 Å². The third kappa shape index (κ3) is 12.0. The average molecular weight is 881 g/mol. The van der Waals surface area contributed by atoms with Gasteiger partial charge in [-0.05, 0) is 27.8 Å². The lowest BCUT2D eigenvalue weighted by Gasteiger charge is -2.50. The average Bonchev–Trinajstić information content (AvgIpc) is 3.37. The fraction of sp³-hybridized carbons (Fsp3) is 0.333. The van der Waals surface area contributed by atoms with Crippen LogP contribution in [0.1, 0.15) is 39.7 Å². The van der Waals surface area contributed by atoms with E-state index in [4.69, 9.17) is 47.4 Å². The lowest BCUT2D eigenvalue weighted by atomic mass is 9.95. The molecule has 0 spiro atoms. The Kier molecular flexibility index (Phi) is 15.8. The molecule has 3 saturated heterocycles. The highest BCUT2D eigenvalue weighted by Gasteiger charge is 2.55. The molecule has 0 radical (unpaired) electrons. The molecule has 0 aromatic heterocycles. The van der Waals surface area contributed by atoms with Gasteiger partial charge in [-0.2, -0.15) is 0 Å². The van der Waals surface area contributed by atoms with Gasteiger partial charge in [-0.1, -0.05) is 182 Å². The number of ether oxygens (including phenoxy) is 10. The van der Waals surface area contributed by atoms with Crippen LogP contribution < -0.4 is 0 Å². The summed E-state index contributed by atoms with van der Waals surface area (Å²) >= 11 is 0. The van der Waals surface area contributed by atoms with E-state index in [1.165, 1.54) is 0 Å². The maximum Gasteiger partial charge on any atom is 0.187 e. The molecule has 1 N–H and O–H groups in total. The maximum atomic E-state index is 12.5. The van der Waals surface area contributed by atoms with E-state index in [0.717, 1.165) is 33.4 Å². The van der Waals surface area contributed by atoms with E-state index in [1.807, 2.05) is 182 Å². The first kappa shape index (κ1) is 45.1. The molecule has 0 aliphatic carbocycles. The molecular weight excluding hydrogens is 825 g/mol. The van der Waals surface area contributed by atoms with Gasteiger partial charge in [0.05, 0.1) is 46.2 Å². The molecule has 65 heavy (non-hydrogen) atoms. The molecule has 3 aliphatic rings. The molecule has 0 amide bonds. The van der Waals surface area contributed by atoms with Gasteiger partial charge in [-0.25, -0.2) is 0 Å². The first-order valence-electron chi connectivity index (χ1n) is 22.3. The zero-order valence-corrected chi connectivity index (χ0v) is 36.2. The Labute approximate surface area is 380 Å². The second-order valence-electron chi connectivity index (χ2n) is 16.4. The van der Waals surface area contributed by atoms with E-state index in [9.17, 15) is 5.11 Å². The molecule has 6 aromatic carbocycles. The van der Waals surface area contributed by atoms with E-state index in [0.29, 0.717) is 6.61 Å². The minimum absolute atomic E-state index is 0.131. The van der Waals surface area contributed by atoms with Crippen molar-refractivity contribution >= 4 is 0 Å². The van der Waals surface area contributed by atoms with Gasteiger partial charge in [0.2, 0.25) is 0 Å². The standard InChI is InChI=1S/C54H56O11/c55-46-47-45(37-61-52(64-47)43-29-17-6-18-30-43)62-53(60-35-42-27-15-5-16-28-42)49(46)65-54-51(59-34-41-25-13-4-14-26-41)50(58-33-40-23-11-3-12-24-40)48(57-32-39-21-9-2-10-22-39)44(63-54)36-56-31-38-19-7-1-8-20-38/h1-30,44-55H,31-37H2. The van der Waals surface area contributed by atoms with Gasteiger partial charge in [0.25, 0.3) is 0 Å². The van der Waals surface area contributed by atoms with Crippen LogP contribution in [0.5, 0.6) is 0 Å². The SMILES string of the molecule is OC1C2OC(c3ccccc3)OCC2OC(OCc2ccccc2)C1OC1OC(COCc2ccccc2)C(OCc2ccccc2)C(OCc2ccccc2)C1OCc1ccccc1. The third-order valence-electron chi connectivity index (χ3n) is 11.8. The van der Waals surface area contributed by atoms with Gasteiger partial charge in [-0.15, -0.1) is 0 Å². The van der Waals surface area contributed by atoms with Crippen LogP contribution in [0.2, 0.25) is 0 Å². The minimum Gasteiger partial charge on any atom is -0.387 e. The number of fused-ring (bicyclic) bond motifs is 1. The van der Waals surface area contributed by atoms with E-state index < -0.39 is 67.7 Å². The lowest BCUT2D eigenvalue weighted by Crippen LogP contribution is -2.66. The van der Waals surface area contributed by atoms with Crippen LogP contribution in [-0.4, -0.2) is 79.7 Å². The minimum atomic E-state index is -1.24. The summed E-state index contributed by atoms with van der Waals surface area (Å²) in [5.74, 6) is 0. The third-order valence-corrected chi connectivity index (χ3v) is 11.8. The summed E-state index contributed by atoms with van der Waals surface area (Å²) < 4.78 is 67.0. The van der Waals surface area contributed by atoms with E-state index in [1.54, 1.807) is 0 Å². The Morgan fingerprint density at radius 1 is 0.431 bits per heavy atom.